The highest BCUT2D eigenvalue weighted by atomic mass is 35.5. The number of hydrogen-bond acceptors (Lipinski definition) is 3. The van der Waals surface area contributed by atoms with Crippen LogP contribution in [0, 0.1) is 6.92 Å². The lowest BCUT2D eigenvalue weighted by atomic mass is 10.2. The minimum Gasteiger partial charge on any atom is -0.279 e. The van der Waals surface area contributed by atoms with Gasteiger partial charge in [-0.25, -0.2) is 8.42 Å². The topological polar surface area (TPSA) is 46.2 Å². The Morgan fingerprint density at radius 2 is 1.89 bits per heavy atom. The third-order valence-electron chi connectivity index (χ3n) is 2.33. The quantitative estimate of drug-likeness (QED) is 0.922. The second-order valence-electron chi connectivity index (χ2n) is 3.58. The van der Waals surface area contributed by atoms with Gasteiger partial charge in [0, 0.05) is 5.02 Å². The molecule has 0 aliphatic rings. The predicted molar refractivity (Wildman–Crippen MR) is 76.3 cm³/mol. The summed E-state index contributed by atoms with van der Waals surface area (Å²) in [7, 11) is -3.61. The first kappa shape index (κ1) is 13.7. The molecule has 2 rings (SSSR count). The number of benzene rings is 1. The maximum absolute atomic E-state index is 12.1. The van der Waals surface area contributed by atoms with Gasteiger partial charge < -0.3 is 0 Å². The van der Waals surface area contributed by atoms with Crippen molar-refractivity contribution in [2.75, 3.05) is 4.72 Å². The van der Waals surface area contributed by atoms with Crippen LogP contribution in [0.2, 0.25) is 9.36 Å². The van der Waals surface area contributed by atoms with Crippen LogP contribution in [0.5, 0.6) is 0 Å². The average molecular weight is 322 g/mol. The van der Waals surface area contributed by atoms with Crippen molar-refractivity contribution < 1.29 is 8.42 Å². The summed E-state index contributed by atoms with van der Waals surface area (Å²) >= 11 is 12.7. The second kappa shape index (κ2) is 5.09. The highest BCUT2D eigenvalue weighted by Crippen LogP contribution is 2.29. The second-order valence-corrected chi connectivity index (χ2v) is 7.61. The van der Waals surface area contributed by atoms with Gasteiger partial charge in [-0.2, -0.15) is 0 Å². The van der Waals surface area contributed by atoms with Gasteiger partial charge in [0.25, 0.3) is 10.0 Å². The summed E-state index contributed by atoms with van der Waals surface area (Å²) in [6.45, 7) is 1.75. The van der Waals surface area contributed by atoms with Crippen molar-refractivity contribution in [1.29, 1.82) is 0 Å². The van der Waals surface area contributed by atoms with E-state index in [-0.39, 0.29) is 4.21 Å². The maximum atomic E-state index is 12.1. The van der Waals surface area contributed by atoms with Crippen LogP contribution < -0.4 is 4.72 Å². The van der Waals surface area contributed by atoms with Gasteiger partial charge in [0.1, 0.15) is 4.21 Å². The Morgan fingerprint density at radius 1 is 1.17 bits per heavy atom. The average Bonchev–Trinajstić information content (AvgIpc) is 2.72. The molecular formula is C11H9Cl2NO2S2. The molecule has 3 nitrogen and oxygen atoms in total. The molecule has 0 unspecified atom stereocenters. The number of halogens is 2. The molecular weight excluding hydrogens is 313 g/mol. The van der Waals surface area contributed by atoms with E-state index >= 15 is 0 Å². The number of thiophene rings is 1. The molecule has 18 heavy (non-hydrogen) atoms. The number of sulfonamides is 1. The van der Waals surface area contributed by atoms with Crippen LogP contribution in [0.25, 0.3) is 0 Å². The first-order valence-electron chi connectivity index (χ1n) is 4.93. The first-order valence-corrected chi connectivity index (χ1v) is 7.99. The van der Waals surface area contributed by atoms with Crippen LogP contribution in [0.15, 0.2) is 34.5 Å². The molecule has 0 atom stereocenters. The van der Waals surface area contributed by atoms with Crippen molar-refractivity contribution in [3.8, 4) is 0 Å². The summed E-state index contributed by atoms with van der Waals surface area (Å²) in [5.41, 5.74) is 1.15. The molecule has 0 saturated heterocycles. The molecule has 1 N–H and O–H groups in total. The zero-order valence-electron chi connectivity index (χ0n) is 9.28. The van der Waals surface area contributed by atoms with E-state index in [1.54, 1.807) is 31.2 Å². The van der Waals surface area contributed by atoms with Crippen LogP contribution >= 0.6 is 34.5 Å². The lowest BCUT2D eigenvalue weighted by Crippen LogP contribution is -2.12. The fraction of sp³-hybridized carbons (Fsp3) is 0.0909. The molecule has 0 aliphatic carbocycles. The Labute approximate surface area is 119 Å². The summed E-state index contributed by atoms with van der Waals surface area (Å²) in [6, 6.07) is 8.07. The lowest BCUT2D eigenvalue weighted by Gasteiger charge is -2.09. The van der Waals surface area contributed by atoms with E-state index in [0.29, 0.717) is 20.6 Å². The van der Waals surface area contributed by atoms with Crippen molar-refractivity contribution in [3.05, 3.63) is 45.3 Å². The summed E-state index contributed by atoms with van der Waals surface area (Å²) in [6.07, 6.45) is 0. The van der Waals surface area contributed by atoms with Crippen LogP contribution in [0.1, 0.15) is 5.56 Å². The van der Waals surface area contributed by atoms with Crippen molar-refractivity contribution in [2.45, 2.75) is 11.1 Å². The van der Waals surface area contributed by atoms with Gasteiger partial charge in [0.05, 0.1) is 10.0 Å². The Balaban J connectivity index is 2.37. The summed E-state index contributed by atoms with van der Waals surface area (Å²) in [5, 5.41) is 0.513. The van der Waals surface area contributed by atoms with Crippen LogP contribution in [-0.4, -0.2) is 8.42 Å². The normalized spacial score (nSPS) is 11.5. The van der Waals surface area contributed by atoms with Crippen molar-refractivity contribution in [1.82, 2.24) is 0 Å². The molecule has 0 fully saturated rings. The van der Waals surface area contributed by atoms with Gasteiger partial charge in [-0.1, -0.05) is 29.3 Å². The van der Waals surface area contributed by atoms with Crippen LogP contribution in [0.3, 0.4) is 0 Å². The van der Waals surface area contributed by atoms with Crippen LogP contribution in [0.4, 0.5) is 5.69 Å². The molecule has 96 valence electrons. The van der Waals surface area contributed by atoms with Crippen molar-refractivity contribution in [2.24, 2.45) is 0 Å². The Hall–Kier alpha value is -0.750. The smallest absolute Gasteiger partial charge is 0.271 e. The van der Waals surface area contributed by atoms with E-state index in [4.69, 9.17) is 23.2 Å². The van der Waals surface area contributed by atoms with Gasteiger partial charge >= 0.3 is 0 Å². The molecule has 0 bridgehead atoms. The van der Waals surface area contributed by atoms with Gasteiger partial charge in [0.15, 0.2) is 0 Å². The number of anilines is 1. The molecule has 1 aromatic heterocycles. The lowest BCUT2D eigenvalue weighted by molar-refractivity contribution is 0.603. The Kier molecular flexibility index (Phi) is 3.87. The van der Waals surface area contributed by atoms with E-state index in [1.807, 2.05) is 0 Å². The minimum absolute atomic E-state index is 0.173. The third kappa shape index (κ3) is 2.80. The Bertz CT molecular complexity index is 680. The van der Waals surface area contributed by atoms with E-state index in [2.05, 4.69) is 4.72 Å². The van der Waals surface area contributed by atoms with Crippen molar-refractivity contribution >= 4 is 50.2 Å². The number of hydrogen-bond donors (Lipinski definition) is 1. The van der Waals surface area contributed by atoms with E-state index in [0.717, 1.165) is 11.3 Å². The van der Waals surface area contributed by atoms with Gasteiger partial charge in [-0.3, -0.25) is 4.72 Å². The molecule has 0 radical (unpaired) electrons. The van der Waals surface area contributed by atoms with Gasteiger partial charge in [-0.15, -0.1) is 11.3 Å². The zero-order valence-corrected chi connectivity index (χ0v) is 12.4. The number of rotatable bonds is 3. The first-order chi connectivity index (χ1) is 8.40. The molecule has 0 aliphatic heterocycles. The Morgan fingerprint density at radius 3 is 2.50 bits per heavy atom. The third-order valence-corrected chi connectivity index (χ3v) is 5.82. The van der Waals surface area contributed by atoms with E-state index < -0.39 is 10.0 Å². The highest BCUT2D eigenvalue weighted by Gasteiger charge is 2.17. The summed E-state index contributed by atoms with van der Waals surface area (Å²) in [5.74, 6) is 0. The summed E-state index contributed by atoms with van der Waals surface area (Å²) < 4.78 is 27.3. The molecule has 0 saturated carbocycles. The van der Waals surface area contributed by atoms with E-state index in [1.165, 1.54) is 6.07 Å². The highest BCUT2D eigenvalue weighted by molar-refractivity contribution is 7.94. The fourth-order valence-electron chi connectivity index (χ4n) is 1.36. The van der Waals surface area contributed by atoms with E-state index in [9.17, 15) is 8.42 Å². The standard InChI is InChI=1S/C11H9Cl2NO2S2/c1-7-8(12)3-2-4-9(7)14-18(15,16)11-6-5-10(13)17-11/h2-6,14H,1H3. The minimum atomic E-state index is -3.61. The monoisotopic (exact) mass is 321 g/mol. The maximum Gasteiger partial charge on any atom is 0.271 e. The largest absolute Gasteiger partial charge is 0.279 e. The molecule has 0 amide bonds. The SMILES string of the molecule is Cc1c(Cl)cccc1NS(=O)(=O)c1ccc(Cl)s1. The van der Waals surface area contributed by atoms with Gasteiger partial charge in [0.2, 0.25) is 0 Å². The van der Waals surface area contributed by atoms with Crippen molar-refractivity contribution in [3.63, 3.8) is 0 Å². The molecule has 1 heterocycles. The van der Waals surface area contributed by atoms with Gasteiger partial charge in [-0.05, 0) is 36.8 Å². The predicted octanol–water partition coefficient (Wildman–Crippen LogP) is 4.16. The molecule has 0 spiro atoms. The summed E-state index contributed by atoms with van der Waals surface area (Å²) in [4.78, 5) is 0. The number of nitrogens with one attached hydrogen (secondary N) is 1. The molecule has 7 heteroatoms. The fourth-order valence-corrected chi connectivity index (χ4v) is 4.14. The van der Waals surface area contributed by atoms with Crippen LogP contribution in [-0.2, 0) is 10.0 Å². The molecule has 1 aromatic carbocycles. The molecule has 2 aromatic rings. The zero-order chi connectivity index (χ0) is 13.3.